The van der Waals surface area contributed by atoms with E-state index in [0.29, 0.717) is 17.2 Å². The summed E-state index contributed by atoms with van der Waals surface area (Å²) in [6.07, 6.45) is 0. The maximum atomic E-state index is 13.9. The van der Waals surface area contributed by atoms with Crippen molar-refractivity contribution < 1.29 is 28.1 Å². The summed E-state index contributed by atoms with van der Waals surface area (Å²) in [7, 11) is 4.49. The third-order valence-corrected chi connectivity index (χ3v) is 3.60. The van der Waals surface area contributed by atoms with Crippen LogP contribution in [0.1, 0.15) is 21.5 Å². The van der Waals surface area contributed by atoms with Gasteiger partial charge in [-0.2, -0.15) is 0 Å². The molecule has 0 fully saturated rings. The Labute approximate surface area is 139 Å². The average Bonchev–Trinajstić information content (AvgIpc) is 2.59. The summed E-state index contributed by atoms with van der Waals surface area (Å²) in [5.41, 5.74) is 1.47. The van der Waals surface area contributed by atoms with Crippen LogP contribution in [0.5, 0.6) is 17.2 Å². The van der Waals surface area contributed by atoms with Crippen molar-refractivity contribution in [2.75, 3.05) is 21.3 Å². The predicted octanol–water partition coefficient (Wildman–Crippen LogP) is 3.52. The fourth-order valence-electron chi connectivity index (χ4n) is 2.19. The van der Waals surface area contributed by atoms with E-state index in [2.05, 4.69) is 0 Å². The van der Waals surface area contributed by atoms with Crippen LogP contribution in [-0.2, 0) is 11.3 Å². The Hall–Kier alpha value is -2.76. The largest absolute Gasteiger partial charge is 0.497 e. The third kappa shape index (κ3) is 3.76. The molecule has 2 aromatic carbocycles. The Balaban J connectivity index is 2.14. The van der Waals surface area contributed by atoms with Crippen LogP contribution >= 0.6 is 0 Å². The first kappa shape index (κ1) is 17.6. The lowest BCUT2D eigenvalue weighted by molar-refractivity contribution is 0.0466. The smallest absolute Gasteiger partial charge is 0.341 e. The second-order valence-corrected chi connectivity index (χ2v) is 5.06. The molecule has 0 aromatic heterocycles. The molecule has 0 saturated heterocycles. The molecule has 0 radical (unpaired) electrons. The minimum absolute atomic E-state index is 0.00348. The van der Waals surface area contributed by atoms with Crippen molar-refractivity contribution in [3.63, 3.8) is 0 Å². The zero-order chi connectivity index (χ0) is 17.7. The van der Waals surface area contributed by atoms with Gasteiger partial charge in [-0.25, -0.2) is 9.18 Å². The van der Waals surface area contributed by atoms with E-state index in [1.807, 2.05) is 6.92 Å². The summed E-state index contributed by atoms with van der Waals surface area (Å²) in [6, 6.07) is 7.49. The first-order valence-electron chi connectivity index (χ1n) is 7.22. The Morgan fingerprint density at radius 1 is 1.00 bits per heavy atom. The number of rotatable bonds is 6. The molecule has 0 heterocycles. The molecule has 128 valence electrons. The van der Waals surface area contributed by atoms with Crippen LogP contribution in [0, 0.1) is 12.7 Å². The molecule has 0 aliphatic carbocycles. The lowest BCUT2D eigenvalue weighted by Crippen LogP contribution is -2.08. The molecule has 0 aliphatic heterocycles. The molecule has 0 atom stereocenters. The maximum absolute atomic E-state index is 13.9. The first-order valence-corrected chi connectivity index (χ1v) is 7.22. The Kier molecular flexibility index (Phi) is 5.63. The van der Waals surface area contributed by atoms with E-state index in [1.54, 1.807) is 19.2 Å². The molecular formula is C18H19FO5. The summed E-state index contributed by atoms with van der Waals surface area (Å²) < 4.78 is 34.4. The van der Waals surface area contributed by atoms with E-state index in [0.717, 1.165) is 17.2 Å². The molecule has 6 heteroatoms. The number of carbonyl (C=O) groups excluding carboxylic acids is 1. The predicted molar refractivity (Wildman–Crippen MR) is 86.4 cm³/mol. The standard InChI is InChI=1S/C18H19FO5/c1-11-7-16(22-3)17(23-4)8-12(11)10-24-18(20)14-6-5-13(21-2)9-15(14)19/h5-9H,10H2,1-4H3. The molecule has 0 spiro atoms. The van der Waals surface area contributed by atoms with Gasteiger partial charge in [0.2, 0.25) is 0 Å². The van der Waals surface area contributed by atoms with E-state index >= 15 is 0 Å². The number of benzene rings is 2. The number of ether oxygens (including phenoxy) is 4. The number of aryl methyl sites for hydroxylation is 1. The van der Waals surface area contributed by atoms with Gasteiger partial charge >= 0.3 is 5.97 Å². The van der Waals surface area contributed by atoms with Crippen LogP contribution in [0.4, 0.5) is 4.39 Å². The van der Waals surface area contributed by atoms with Crippen LogP contribution in [0.3, 0.4) is 0 Å². The molecule has 5 nitrogen and oxygen atoms in total. The summed E-state index contributed by atoms with van der Waals surface area (Å²) in [5.74, 6) is 0.0172. The Morgan fingerprint density at radius 2 is 1.67 bits per heavy atom. The number of methoxy groups -OCH3 is 3. The summed E-state index contributed by atoms with van der Waals surface area (Å²) >= 11 is 0. The van der Waals surface area contributed by atoms with Crippen LogP contribution in [0.2, 0.25) is 0 Å². The molecule has 2 rings (SSSR count). The van der Waals surface area contributed by atoms with Crippen LogP contribution in [0.15, 0.2) is 30.3 Å². The molecule has 0 N–H and O–H groups in total. The molecule has 0 aliphatic rings. The molecule has 0 bridgehead atoms. The van der Waals surface area contributed by atoms with Crippen molar-refractivity contribution in [1.29, 1.82) is 0 Å². The number of hydrogen-bond donors (Lipinski definition) is 0. The maximum Gasteiger partial charge on any atom is 0.341 e. The number of carbonyl (C=O) groups is 1. The fourth-order valence-corrected chi connectivity index (χ4v) is 2.19. The van der Waals surface area contributed by atoms with E-state index in [1.165, 1.54) is 26.4 Å². The number of esters is 1. The molecule has 0 unspecified atom stereocenters. The lowest BCUT2D eigenvalue weighted by atomic mass is 10.1. The van der Waals surface area contributed by atoms with Crippen molar-refractivity contribution >= 4 is 5.97 Å². The van der Waals surface area contributed by atoms with Crippen LogP contribution < -0.4 is 14.2 Å². The van der Waals surface area contributed by atoms with Crippen molar-refractivity contribution in [1.82, 2.24) is 0 Å². The monoisotopic (exact) mass is 334 g/mol. The highest BCUT2D eigenvalue weighted by Gasteiger charge is 2.16. The van der Waals surface area contributed by atoms with Gasteiger partial charge in [-0.3, -0.25) is 0 Å². The van der Waals surface area contributed by atoms with E-state index in [4.69, 9.17) is 18.9 Å². The van der Waals surface area contributed by atoms with Crippen molar-refractivity contribution in [3.05, 3.63) is 52.8 Å². The number of hydrogen-bond acceptors (Lipinski definition) is 5. The highest BCUT2D eigenvalue weighted by molar-refractivity contribution is 5.89. The van der Waals surface area contributed by atoms with Gasteiger partial charge < -0.3 is 18.9 Å². The van der Waals surface area contributed by atoms with Gasteiger partial charge in [-0.05, 0) is 42.3 Å². The van der Waals surface area contributed by atoms with Gasteiger partial charge in [0.25, 0.3) is 0 Å². The zero-order valence-corrected chi connectivity index (χ0v) is 14.0. The molecule has 0 saturated carbocycles. The number of halogens is 1. The molecule has 2 aromatic rings. The third-order valence-electron chi connectivity index (χ3n) is 3.60. The van der Waals surface area contributed by atoms with Crippen LogP contribution in [0.25, 0.3) is 0 Å². The lowest BCUT2D eigenvalue weighted by Gasteiger charge is -2.13. The Bertz CT molecular complexity index is 742. The zero-order valence-electron chi connectivity index (χ0n) is 14.0. The highest BCUT2D eigenvalue weighted by atomic mass is 19.1. The molecular weight excluding hydrogens is 315 g/mol. The minimum atomic E-state index is -0.746. The van der Waals surface area contributed by atoms with Crippen molar-refractivity contribution in [3.8, 4) is 17.2 Å². The molecule has 0 amide bonds. The quantitative estimate of drug-likeness (QED) is 0.757. The second-order valence-electron chi connectivity index (χ2n) is 5.06. The van der Waals surface area contributed by atoms with Crippen molar-refractivity contribution in [2.45, 2.75) is 13.5 Å². The highest BCUT2D eigenvalue weighted by Crippen LogP contribution is 2.30. The van der Waals surface area contributed by atoms with E-state index < -0.39 is 11.8 Å². The first-order chi connectivity index (χ1) is 11.5. The average molecular weight is 334 g/mol. The van der Waals surface area contributed by atoms with E-state index in [9.17, 15) is 9.18 Å². The summed E-state index contributed by atoms with van der Waals surface area (Å²) in [6.45, 7) is 1.86. The SMILES string of the molecule is COc1ccc(C(=O)OCc2cc(OC)c(OC)cc2C)c(F)c1. The topological polar surface area (TPSA) is 54.0 Å². The van der Waals surface area contributed by atoms with Gasteiger partial charge in [0.05, 0.1) is 26.9 Å². The van der Waals surface area contributed by atoms with Crippen molar-refractivity contribution in [2.24, 2.45) is 0 Å². The van der Waals surface area contributed by atoms with E-state index in [-0.39, 0.29) is 12.2 Å². The normalized spacial score (nSPS) is 10.2. The summed E-state index contributed by atoms with van der Waals surface area (Å²) in [4.78, 5) is 12.1. The van der Waals surface area contributed by atoms with Gasteiger partial charge in [0.15, 0.2) is 11.5 Å². The minimum Gasteiger partial charge on any atom is -0.497 e. The summed E-state index contributed by atoms with van der Waals surface area (Å²) in [5, 5.41) is 0. The Morgan fingerprint density at radius 3 is 2.25 bits per heavy atom. The second kappa shape index (κ2) is 7.68. The van der Waals surface area contributed by atoms with Gasteiger partial charge in [0, 0.05) is 6.07 Å². The van der Waals surface area contributed by atoms with Gasteiger partial charge in [0.1, 0.15) is 18.2 Å². The van der Waals surface area contributed by atoms with Gasteiger partial charge in [-0.15, -0.1) is 0 Å². The molecule has 24 heavy (non-hydrogen) atoms. The fraction of sp³-hybridized carbons (Fsp3) is 0.278. The van der Waals surface area contributed by atoms with Crippen LogP contribution in [-0.4, -0.2) is 27.3 Å². The van der Waals surface area contributed by atoms with Gasteiger partial charge in [-0.1, -0.05) is 0 Å².